The average Bonchev–Trinajstić information content (AvgIpc) is 2.41. The van der Waals surface area contributed by atoms with Crippen LogP contribution >= 0.6 is 12.2 Å². The van der Waals surface area contributed by atoms with E-state index in [0.29, 0.717) is 17.4 Å². The quantitative estimate of drug-likeness (QED) is 0.784. The van der Waals surface area contributed by atoms with Crippen molar-refractivity contribution >= 4 is 28.9 Å². The zero-order valence-corrected chi connectivity index (χ0v) is 12.5. The lowest BCUT2D eigenvalue weighted by Gasteiger charge is -2.33. The van der Waals surface area contributed by atoms with Gasteiger partial charge in [0.1, 0.15) is 4.99 Å². The van der Waals surface area contributed by atoms with Crippen LogP contribution < -0.4 is 16.4 Å². The van der Waals surface area contributed by atoms with Crippen LogP contribution in [0.2, 0.25) is 0 Å². The molecule has 1 fully saturated rings. The van der Waals surface area contributed by atoms with E-state index in [9.17, 15) is 4.79 Å². The highest BCUT2D eigenvalue weighted by atomic mass is 32.1. The summed E-state index contributed by atoms with van der Waals surface area (Å²) in [6, 6.07) is 0. The number of carbonyl (C=O) groups excluding carboxylic acids is 1. The van der Waals surface area contributed by atoms with Crippen LogP contribution in [0.1, 0.15) is 29.7 Å². The Kier molecular flexibility index (Phi) is 4.17. The summed E-state index contributed by atoms with van der Waals surface area (Å²) in [7, 11) is 0. The van der Waals surface area contributed by atoms with Gasteiger partial charge in [0.05, 0.1) is 17.2 Å². The van der Waals surface area contributed by atoms with Crippen LogP contribution in [0, 0.1) is 19.8 Å². The van der Waals surface area contributed by atoms with Gasteiger partial charge in [0, 0.05) is 13.1 Å². The summed E-state index contributed by atoms with van der Waals surface area (Å²) in [4.78, 5) is 13.7. The van der Waals surface area contributed by atoms with Gasteiger partial charge in [-0.2, -0.15) is 5.10 Å². The maximum atomic E-state index is 11.4. The normalized spacial score (nSPS) is 18.9. The Balaban J connectivity index is 2.39. The number of primary amides is 1. The molecule has 0 saturated carbocycles. The van der Waals surface area contributed by atoms with E-state index in [1.165, 1.54) is 0 Å². The summed E-state index contributed by atoms with van der Waals surface area (Å²) in [5, 5.41) is 8.38. The van der Waals surface area contributed by atoms with Crippen LogP contribution in [0.5, 0.6) is 0 Å². The van der Waals surface area contributed by atoms with Gasteiger partial charge in [-0.1, -0.05) is 12.2 Å². The molecular weight excluding hydrogens is 274 g/mol. The minimum Gasteiger partial charge on any atom is -0.389 e. The van der Waals surface area contributed by atoms with Crippen molar-refractivity contribution in [2.45, 2.75) is 26.7 Å². The second-order valence-electron chi connectivity index (χ2n) is 5.16. The van der Waals surface area contributed by atoms with Crippen LogP contribution in [0.3, 0.4) is 0 Å². The summed E-state index contributed by atoms with van der Waals surface area (Å²) < 4.78 is 0. The van der Waals surface area contributed by atoms with E-state index in [1.54, 1.807) is 0 Å². The van der Waals surface area contributed by atoms with Gasteiger partial charge in [-0.3, -0.25) is 4.79 Å². The minimum absolute atomic E-state index is 0.161. The molecule has 1 aliphatic rings. The van der Waals surface area contributed by atoms with Gasteiger partial charge in [0.2, 0.25) is 5.91 Å². The Morgan fingerprint density at radius 3 is 2.65 bits per heavy atom. The number of carbonyl (C=O) groups is 1. The first-order chi connectivity index (χ1) is 9.41. The highest BCUT2D eigenvalue weighted by molar-refractivity contribution is 7.80. The van der Waals surface area contributed by atoms with Crippen molar-refractivity contribution in [3.63, 3.8) is 0 Å². The topological polar surface area (TPSA) is 98.1 Å². The number of amides is 1. The van der Waals surface area contributed by atoms with Gasteiger partial charge in [0.25, 0.3) is 0 Å². The number of hydrogen-bond donors (Lipinski definition) is 2. The smallest absolute Gasteiger partial charge is 0.222 e. The Labute approximate surface area is 123 Å². The Hall–Kier alpha value is -1.76. The first-order valence-corrected chi connectivity index (χ1v) is 7.00. The fourth-order valence-electron chi connectivity index (χ4n) is 2.51. The average molecular weight is 293 g/mol. The Morgan fingerprint density at radius 2 is 2.05 bits per heavy atom. The molecule has 20 heavy (non-hydrogen) atoms. The monoisotopic (exact) mass is 293 g/mol. The maximum absolute atomic E-state index is 11.4. The molecule has 6 nitrogen and oxygen atoms in total. The number of anilines is 1. The molecule has 1 aromatic rings. The third-order valence-corrected chi connectivity index (χ3v) is 4.01. The molecule has 1 amide bonds. The summed E-state index contributed by atoms with van der Waals surface area (Å²) >= 11 is 5.14. The van der Waals surface area contributed by atoms with E-state index >= 15 is 0 Å². The number of rotatable bonds is 3. The van der Waals surface area contributed by atoms with Crippen LogP contribution in [0.4, 0.5) is 5.82 Å². The summed E-state index contributed by atoms with van der Waals surface area (Å²) in [5.41, 5.74) is 13.7. The van der Waals surface area contributed by atoms with E-state index in [1.807, 2.05) is 18.7 Å². The van der Waals surface area contributed by atoms with Gasteiger partial charge < -0.3 is 16.4 Å². The highest BCUT2D eigenvalue weighted by Crippen LogP contribution is 2.26. The van der Waals surface area contributed by atoms with E-state index in [0.717, 1.165) is 36.2 Å². The molecule has 0 radical (unpaired) electrons. The second kappa shape index (κ2) is 5.70. The zero-order chi connectivity index (χ0) is 14.9. The summed E-state index contributed by atoms with van der Waals surface area (Å²) in [5.74, 6) is 0.223. The van der Waals surface area contributed by atoms with Crippen molar-refractivity contribution in [3.8, 4) is 0 Å². The first-order valence-electron chi connectivity index (χ1n) is 6.59. The number of piperidine rings is 1. The molecule has 0 spiro atoms. The van der Waals surface area contributed by atoms with Crippen molar-refractivity contribution in [2.75, 3.05) is 18.0 Å². The van der Waals surface area contributed by atoms with Crippen LogP contribution in [-0.4, -0.2) is 34.2 Å². The fraction of sp³-hybridized carbons (Fsp3) is 0.538. The van der Waals surface area contributed by atoms with Gasteiger partial charge in [-0.25, -0.2) is 0 Å². The van der Waals surface area contributed by atoms with Crippen molar-refractivity contribution in [1.29, 1.82) is 0 Å². The number of nitrogens with two attached hydrogens (primary N) is 2. The maximum Gasteiger partial charge on any atom is 0.222 e. The number of aryl methyl sites for hydroxylation is 1. The van der Waals surface area contributed by atoms with Gasteiger partial charge in [-0.15, -0.1) is 5.10 Å². The lowest BCUT2D eigenvalue weighted by molar-refractivity contribution is -0.122. The Bertz CT molecular complexity index is 560. The predicted molar refractivity (Wildman–Crippen MR) is 81.5 cm³/mol. The molecule has 108 valence electrons. The fourth-order valence-corrected chi connectivity index (χ4v) is 2.76. The molecule has 7 heteroatoms. The van der Waals surface area contributed by atoms with Crippen LogP contribution in [0.25, 0.3) is 0 Å². The Morgan fingerprint density at radius 1 is 1.35 bits per heavy atom. The van der Waals surface area contributed by atoms with Crippen LogP contribution in [-0.2, 0) is 4.79 Å². The van der Waals surface area contributed by atoms with E-state index in [-0.39, 0.29) is 11.8 Å². The minimum atomic E-state index is -0.275. The van der Waals surface area contributed by atoms with Gasteiger partial charge in [-0.05, 0) is 32.3 Å². The lowest BCUT2D eigenvalue weighted by Crippen LogP contribution is -2.42. The molecule has 0 bridgehead atoms. The number of hydrogen-bond acceptors (Lipinski definition) is 5. The highest BCUT2D eigenvalue weighted by Gasteiger charge is 2.27. The standard InChI is InChI=1S/C13H19N5OS/c1-7-8(2)16-17-13(10(7)12(15)20)18-5-3-4-9(6-18)11(14)19/h9H,3-6H2,1-2H3,(H2,14,19)(H2,15,20). The zero-order valence-electron chi connectivity index (χ0n) is 11.7. The van der Waals surface area contributed by atoms with E-state index in [4.69, 9.17) is 23.7 Å². The van der Waals surface area contributed by atoms with Gasteiger partial charge in [0.15, 0.2) is 5.82 Å². The van der Waals surface area contributed by atoms with E-state index < -0.39 is 0 Å². The molecule has 0 aliphatic carbocycles. The van der Waals surface area contributed by atoms with Crippen molar-refractivity contribution < 1.29 is 4.79 Å². The van der Waals surface area contributed by atoms with Crippen molar-refractivity contribution in [1.82, 2.24) is 10.2 Å². The molecule has 2 heterocycles. The third kappa shape index (κ3) is 2.72. The number of thiocarbonyl (C=S) groups is 1. The first kappa shape index (κ1) is 14.6. The molecule has 1 saturated heterocycles. The number of aromatic nitrogens is 2. The lowest BCUT2D eigenvalue weighted by atomic mass is 9.97. The molecular formula is C13H19N5OS. The van der Waals surface area contributed by atoms with Crippen LogP contribution in [0.15, 0.2) is 0 Å². The molecule has 1 unspecified atom stereocenters. The second-order valence-corrected chi connectivity index (χ2v) is 5.60. The molecule has 2 rings (SSSR count). The largest absolute Gasteiger partial charge is 0.389 e. The molecule has 0 aromatic carbocycles. The summed E-state index contributed by atoms with van der Waals surface area (Å²) in [6.07, 6.45) is 1.70. The van der Waals surface area contributed by atoms with Crippen molar-refractivity contribution in [3.05, 3.63) is 16.8 Å². The number of nitrogens with zero attached hydrogens (tertiary/aromatic N) is 3. The third-order valence-electron chi connectivity index (χ3n) is 3.81. The van der Waals surface area contributed by atoms with Gasteiger partial charge >= 0.3 is 0 Å². The SMILES string of the molecule is Cc1nnc(N2CCCC(C(N)=O)C2)c(C(N)=S)c1C. The molecule has 1 aliphatic heterocycles. The van der Waals surface area contributed by atoms with Crippen molar-refractivity contribution in [2.24, 2.45) is 17.4 Å². The summed E-state index contributed by atoms with van der Waals surface area (Å²) in [6.45, 7) is 5.15. The molecule has 1 aromatic heterocycles. The molecule has 1 atom stereocenters. The molecule has 4 N–H and O–H groups in total. The van der Waals surface area contributed by atoms with E-state index in [2.05, 4.69) is 10.2 Å². The predicted octanol–water partition coefficient (Wildman–Crippen LogP) is 0.429.